The van der Waals surface area contributed by atoms with Crippen molar-refractivity contribution in [2.75, 3.05) is 6.61 Å². The summed E-state index contributed by atoms with van der Waals surface area (Å²) >= 11 is 3.55. The van der Waals surface area contributed by atoms with Gasteiger partial charge in [-0.15, -0.1) is 0 Å². The Hall–Kier alpha value is -1.39. The normalized spacial score (nSPS) is 12.2. The Balaban J connectivity index is 1.90. The third-order valence-electron chi connectivity index (χ3n) is 2.93. The number of halogens is 1. The van der Waals surface area contributed by atoms with E-state index in [1.54, 1.807) is 6.20 Å². The number of nitrogens with two attached hydrogens (primary N) is 1. The summed E-state index contributed by atoms with van der Waals surface area (Å²) < 4.78 is 6.77. The minimum absolute atomic E-state index is 0.166. The van der Waals surface area contributed by atoms with Gasteiger partial charge in [0.05, 0.1) is 11.1 Å². The average molecular weight is 335 g/mol. The predicted octanol–water partition coefficient (Wildman–Crippen LogP) is 3.36. The zero-order chi connectivity index (χ0) is 14.4. The van der Waals surface area contributed by atoms with Crippen LogP contribution in [0.2, 0.25) is 0 Å². The van der Waals surface area contributed by atoms with Gasteiger partial charge in [-0.1, -0.05) is 12.1 Å². The summed E-state index contributed by atoms with van der Waals surface area (Å²) in [5.74, 6) is 0.863. The molecule has 1 unspecified atom stereocenters. The zero-order valence-electron chi connectivity index (χ0n) is 11.6. The molecule has 0 saturated heterocycles. The third kappa shape index (κ3) is 4.62. The fourth-order valence-electron chi connectivity index (χ4n) is 1.99. The lowest BCUT2D eigenvalue weighted by Crippen LogP contribution is -2.17. The molecule has 1 aromatic heterocycles. The van der Waals surface area contributed by atoms with E-state index in [2.05, 4.69) is 39.1 Å². The molecule has 0 aliphatic carbocycles. The first-order chi connectivity index (χ1) is 9.65. The molecule has 0 aliphatic heterocycles. The average Bonchev–Trinajstić information content (AvgIpc) is 2.42. The van der Waals surface area contributed by atoms with Gasteiger partial charge in [-0.25, -0.2) is 0 Å². The maximum absolute atomic E-state index is 5.80. The quantitative estimate of drug-likeness (QED) is 0.881. The van der Waals surface area contributed by atoms with E-state index in [9.17, 15) is 0 Å². The molecule has 0 fully saturated rings. The van der Waals surface area contributed by atoms with Crippen LogP contribution in [0.1, 0.15) is 18.1 Å². The minimum Gasteiger partial charge on any atom is -0.492 e. The highest BCUT2D eigenvalue weighted by Gasteiger charge is 2.04. The number of ether oxygens (including phenoxy) is 1. The van der Waals surface area contributed by atoms with Crippen molar-refractivity contribution in [1.29, 1.82) is 0 Å². The first-order valence-corrected chi connectivity index (χ1v) is 7.50. The minimum atomic E-state index is 0.166. The Labute approximate surface area is 128 Å². The molecule has 2 N–H and O–H groups in total. The van der Waals surface area contributed by atoms with E-state index >= 15 is 0 Å². The SMILES string of the molecule is CC(N)Cc1ccc(OCCc2cccnc2)c(Br)c1. The maximum Gasteiger partial charge on any atom is 0.133 e. The van der Waals surface area contributed by atoms with E-state index in [0.717, 1.165) is 23.1 Å². The van der Waals surface area contributed by atoms with Crippen molar-refractivity contribution in [3.63, 3.8) is 0 Å². The Morgan fingerprint density at radius 2 is 2.15 bits per heavy atom. The number of rotatable bonds is 6. The Kier molecular flexibility index (Phi) is 5.56. The summed E-state index contributed by atoms with van der Waals surface area (Å²) in [5.41, 5.74) is 8.20. The van der Waals surface area contributed by atoms with E-state index < -0.39 is 0 Å². The summed E-state index contributed by atoms with van der Waals surface area (Å²) in [6.45, 7) is 2.64. The number of hydrogen-bond acceptors (Lipinski definition) is 3. The molecule has 1 heterocycles. The first kappa shape index (κ1) is 15.0. The van der Waals surface area contributed by atoms with E-state index in [4.69, 9.17) is 10.5 Å². The van der Waals surface area contributed by atoms with Crippen LogP contribution >= 0.6 is 15.9 Å². The van der Waals surface area contributed by atoms with Crippen LogP contribution in [-0.4, -0.2) is 17.6 Å². The molecule has 106 valence electrons. The second-order valence-corrected chi connectivity index (χ2v) is 5.76. The molecule has 0 amide bonds. The zero-order valence-corrected chi connectivity index (χ0v) is 13.1. The van der Waals surface area contributed by atoms with Gasteiger partial charge in [0.15, 0.2) is 0 Å². The fraction of sp³-hybridized carbons (Fsp3) is 0.312. The molecule has 1 aromatic carbocycles. The number of benzene rings is 1. The van der Waals surface area contributed by atoms with E-state index in [-0.39, 0.29) is 6.04 Å². The number of pyridine rings is 1. The van der Waals surface area contributed by atoms with Gasteiger partial charge in [0.2, 0.25) is 0 Å². The number of hydrogen-bond donors (Lipinski definition) is 1. The molecule has 20 heavy (non-hydrogen) atoms. The van der Waals surface area contributed by atoms with Crippen LogP contribution in [0.4, 0.5) is 0 Å². The molecule has 0 saturated carbocycles. The van der Waals surface area contributed by atoms with Crippen molar-refractivity contribution in [2.24, 2.45) is 5.73 Å². The molecule has 1 atom stereocenters. The molecule has 0 radical (unpaired) electrons. The monoisotopic (exact) mass is 334 g/mol. The summed E-state index contributed by atoms with van der Waals surface area (Å²) in [4.78, 5) is 4.09. The predicted molar refractivity (Wildman–Crippen MR) is 84.9 cm³/mol. The van der Waals surface area contributed by atoms with Crippen molar-refractivity contribution >= 4 is 15.9 Å². The standard InChI is InChI=1S/C16H19BrN2O/c1-12(18)9-14-4-5-16(15(17)10-14)20-8-6-13-3-2-7-19-11-13/h2-5,7,10-12H,6,8-9,18H2,1H3. The summed E-state index contributed by atoms with van der Waals surface area (Å²) in [6, 6.07) is 10.3. The van der Waals surface area contributed by atoms with Crippen LogP contribution in [0.3, 0.4) is 0 Å². The van der Waals surface area contributed by atoms with Crippen molar-refractivity contribution in [2.45, 2.75) is 25.8 Å². The Bertz CT molecular complexity index is 543. The van der Waals surface area contributed by atoms with Gasteiger partial charge >= 0.3 is 0 Å². The van der Waals surface area contributed by atoms with Crippen LogP contribution in [0.5, 0.6) is 5.75 Å². The number of aromatic nitrogens is 1. The van der Waals surface area contributed by atoms with Crippen LogP contribution in [0.15, 0.2) is 47.2 Å². The van der Waals surface area contributed by atoms with Crippen molar-refractivity contribution < 1.29 is 4.74 Å². The summed E-state index contributed by atoms with van der Waals surface area (Å²) in [6.07, 6.45) is 5.36. The largest absolute Gasteiger partial charge is 0.492 e. The highest BCUT2D eigenvalue weighted by atomic mass is 79.9. The highest BCUT2D eigenvalue weighted by Crippen LogP contribution is 2.26. The molecule has 0 spiro atoms. The molecule has 0 bridgehead atoms. The summed E-state index contributed by atoms with van der Waals surface area (Å²) in [5, 5.41) is 0. The molecule has 0 aliphatic rings. The van der Waals surface area contributed by atoms with Gasteiger partial charge in [-0.05, 0) is 58.6 Å². The van der Waals surface area contributed by atoms with Crippen molar-refractivity contribution in [3.05, 3.63) is 58.3 Å². The lowest BCUT2D eigenvalue weighted by Gasteiger charge is -2.11. The third-order valence-corrected chi connectivity index (χ3v) is 3.54. The van der Waals surface area contributed by atoms with Gasteiger partial charge in [0, 0.05) is 24.9 Å². The van der Waals surface area contributed by atoms with Crippen LogP contribution < -0.4 is 10.5 Å². The van der Waals surface area contributed by atoms with Gasteiger partial charge in [0.1, 0.15) is 5.75 Å². The fourth-order valence-corrected chi connectivity index (χ4v) is 2.53. The molecule has 4 heteroatoms. The van der Waals surface area contributed by atoms with Crippen LogP contribution in [0.25, 0.3) is 0 Å². The van der Waals surface area contributed by atoms with Gasteiger partial charge in [-0.2, -0.15) is 0 Å². The maximum atomic E-state index is 5.80. The summed E-state index contributed by atoms with van der Waals surface area (Å²) in [7, 11) is 0. The highest BCUT2D eigenvalue weighted by molar-refractivity contribution is 9.10. The van der Waals surface area contributed by atoms with Crippen molar-refractivity contribution in [1.82, 2.24) is 4.98 Å². The molecule has 3 nitrogen and oxygen atoms in total. The molecule has 2 rings (SSSR count). The molecular formula is C16H19BrN2O. The van der Waals surface area contributed by atoms with E-state index in [0.29, 0.717) is 6.61 Å². The van der Waals surface area contributed by atoms with Crippen molar-refractivity contribution in [3.8, 4) is 5.75 Å². The Morgan fingerprint density at radius 3 is 2.80 bits per heavy atom. The van der Waals surface area contributed by atoms with E-state index in [1.165, 1.54) is 11.1 Å². The van der Waals surface area contributed by atoms with E-state index in [1.807, 2.05) is 25.3 Å². The lowest BCUT2D eigenvalue weighted by molar-refractivity contribution is 0.319. The molecular weight excluding hydrogens is 316 g/mol. The van der Waals surface area contributed by atoms with Gasteiger partial charge in [-0.3, -0.25) is 4.98 Å². The van der Waals surface area contributed by atoms with Crippen LogP contribution in [-0.2, 0) is 12.8 Å². The first-order valence-electron chi connectivity index (χ1n) is 6.71. The Morgan fingerprint density at radius 1 is 1.30 bits per heavy atom. The van der Waals surface area contributed by atoms with Crippen LogP contribution in [0, 0.1) is 0 Å². The molecule has 2 aromatic rings. The van der Waals surface area contributed by atoms with Gasteiger partial charge < -0.3 is 10.5 Å². The topological polar surface area (TPSA) is 48.1 Å². The van der Waals surface area contributed by atoms with Gasteiger partial charge in [0.25, 0.3) is 0 Å². The second kappa shape index (κ2) is 7.41. The lowest BCUT2D eigenvalue weighted by atomic mass is 10.1. The second-order valence-electron chi connectivity index (χ2n) is 4.91. The number of nitrogens with zero attached hydrogens (tertiary/aromatic N) is 1. The smallest absolute Gasteiger partial charge is 0.133 e.